The molecule has 1 heterocycles. The van der Waals surface area contributed by atoms with Crippen LogP contribution in [-0.4, -0.2) is 50.3 Å². The number of hydrogen-bond donors (Lipinski definition) is 1. The van der Waals surface area contributed by atoms with E-state index in [0.717, 1.165) is 82.0 Å². The van der Waals surface area contributed by atoms with E-state index in [1.165, 1.54) is 16.7 Å². The number of nitrogens with one attached hydrogen (secondary N) is 1. The highest BCUT2D eigenvalue weighted by atomic mass is 16.5. The normalized spacial score (nSPS) is 22.6. The van der Waals surface area contributed by atoms with Crippen molar-refractivity contribution in [2.75, 3.05) is 44.8 Å². The molecular weight excluding hydrogens is 448 g/mol. The van der Waals surface area contributed by atoms with Crippen molar-refractivity contribution in [3.05, 3.63) is 83.0 Å². The van der Waals surface area contributed by atoms with Gasteiger partial charge in [0.2, 0.25) is 0 Å². The zero-order valence-corrected chi connectivity index (χ0v) is 21.4. The monoisotopic (exact) mass is 486 g/mol. The van der Waals surface area contributed by atoms with Crippen molar-refractivity contribution in [3.8, 4) is 5.75 Å². The highest BCUT2D eigenvalue weighted by Crippen LogP contribution is 2.40. The van der Waals surface area contributed by atoms with Crippen molar-refractivity contribution in [2.45, 2.75) is 44.9 Å². The van der Waals surface area contributed by atoms with Crippen molar-refractivity contribution >= 4 is 11.6 Å². The Kier molecular flexibility index (Phi) is 8.19. The molecule has 0 bridgehead atoms. The summed E-state index contributed by atoms with van der Waals surface area (Å²) in [5.74, 6) is 1.63. The first-order valence-electron chi connectivity index (χ1n) is 13.5. The fourth-order valence-corrected chi connectivity index (χ4v) is 5.62. The standard InChI is InChI=1S/C31H38N2O3/c1-23-8-10-24(11-9-23)25-12-13-26-4-2-7-30(29(26)15-14-25)31(34)32-27-5-3-6-28(22-27)36-21-18-33-16-19-35-20-17-33/h3,5-6,8-13,22,25-26H,2,4,7,14-21H2,1H3,(H,32,34). The number of benzene rings is 2. The van der Waals surface area contributed by atoms with Gasteiger partial charge in [0.25, 0.3) is 5.91 Å². The van der Waals surface area contributed by atoms with Crippen molar-refractivity contribution in [3.63, 3.8) is 0 Å². The first kappa shape index (κ1) is 24.8. The number of nitrogens with zero attached hydrogens (tertiary/aromatic N) is 1. The largest absolute Gasteiger partial charge is 0.492 e. The van der Waals surface area contributed by atoms with Gasteiger partial charge in [0, 0.05) is 42.9 Å². The Morgan fingerprint density at radius 1 is 1.03 bits per heavy atom. The Labute approximate surface area is 215 Å². The second kappa shape index (κ2) is 11.9. The molecule has 2 aliphatic carbocycles. The lowest BCUT2D eigenvalue weighted by Gasteiger charge is -2.26. The van der Waals surface area contributed by atoms with E-state index in [4.69, 9.17) is 9.47 Å². The quantitative estimate of drug-likeness (QED) is 0.497. The molecule has 1 saturated heterocycles. The lowest BCUT2D eigenvalue weighted by molar-refractivity contribution is -0.113. The van der Waals surface area contributed by atoms with E-state index in [9.17, 15) is 4.79 Å². The Bertz CT molecular complexity index is 1100. The van der Waals surface area contributed by atoms with E-state index in [0.29, 0.717) is 18.4 Å². The van der Waals surface area contributed by atoms with Crippen LogP contribution in [-0.2, 0) is 9.53 Å². The molecule has 2 unspecified atom stereocenters. The molecule has 1 fully saturated rings. The van der Waals surface area contributed by atoms with Gasteiger partial charge in [-0.05, 0) is 62.6 Å². The summed E-state index contributed by atoms with van der Waals surface area (Å²) in [5, 5.41) is 3.17. The zero-order chi connectivity index (χ0) is 24.7. The van der Waals surface area contributed by atoms with Crippen LogP contribution in [0.15, 0.2) is 71.8 Å². The molecular formula is C31H38N2O3. The van der Waals surface area contributed by atoms with Crippen molar-refractivity contribution in [1.82, 2.24) is 4.90 Å². The maximum absolute atomic E-state index is 13.4. The number of ether oxygens (including phenoxy) is 2. The summed E-state index contributed by atoms with van der Waals surface area (Å²) >= 11 is 0. The number of morpholine rings is 1. The van der Waals surface area contributed by atoms with Crippen LogP contribution in [0.2, 0.25) is 0 Å². The Morgan fingerprint density at radius 2 is 1.83 bits per heavy atom. The summed E-state index contributed by atoms with van der Waals surface area (Å²) < 4.78 is 11.4. The topological polar surface area (TPSA) is 50.8 Å². The summed E-state index contributed by atoms with van der Waals surface area (Å²) in [6.45, 7) is 7.14. The van der Waals surface area contributed by atoms with Gasteiger partial charge in [0.05, 0.1) is 13.2 Å². The maximum atomic E-state index is 13.4. The molecule has 0 aromatic heterocycles. The zero-order valence-electron chi connectivity index (χ0n) is 21.4. The molecule has 0 spiro atoms. The molecule has 2 aromatic carbocycles. The molecule has 0 saturated carbocycles. The molecule has 0 radical (unpaired) electrons. The summed E-state index contributed by atoms with van der Waals surface area (Å²) in [6.07, 6.45) is 9.81. The van der Waals surface area contributed by atoms with E-state index in [-0.39, 0.29) is 5.91 Å². The van der Waals surface area contributed by atoms with Crippen LogP contribution in [0.25, 0.3) is 0 Å². The number of carbonyl (C=O) groups is 1. The van der Waals surface area contributed by atoms with Crippen molar-refractivity contribution in [2.24, 2.45) is 5.92 Å². The van der Waals surface area contributed by atoms with Crippen LogP contribution in [0, 0.1) is 12.8 Å². The average molecular weight is 487 g/mol. The molecule has 190 valence electrons. The molecule has 3 aliphatic rings. The summed E-state index contributed by atoms with van der Waals surface area (Å²) in [6, 6.07) is 16.7. The van der Waals surface area contributed by atoms with Gasteiger partial charge in [-0.3, -0.25) is 9.69 Å². The average Bonchev–Trinajstić information content (AvgIpc) is 3.13. The lowest BCUT2D eigenvalue weighted by atomic mass is 9.80. The Hall–Kier alpha value is -2.89. The van der Waals surface area contributed by atoms with Crippen LogP contribution in [0.4, 0.5) is 5.69 Å². The van der Waals surface area contributed by atoms with Crippen LogP contribution in [0.5, 0.6) is 5.75 Å². The van der Waals surface area contributed by atoms with E-state index >= 15 is 0 Å². The summed E-state index contributed by atoms with van der Waals surface area (Å²) in [7, 11) is 0. The molecule has 5 heteroatoms. The smallest absolute Gasteiger partial charge is 0.251 e. The minimum atomic E-state index is 0.0438. The highest BCUT2D eigenvalue weighted by molar-refractivity contribution is 6.04. The summed E-state index contributed by atoms with van der Waals surface area (Å²) in [5.41, 5.74) is 5.77. The van der Waals surface area contributed by atoms with E-state index < -0.39 is 0 Å². The third kappa shape index (κ3) is 6.26. The van der Waals surface area contributed by atoms with Gasteiger partial charge in [-0.15, -0.1) is 0 Å². The van der Waals surface area contributed by atoms with Crippen LogP contribution < -0.4 is 10.1 Å². The minimum Gasteiger partial charge on any atom is -0.492 e. The number of fused-ring (bicyclic) bond motifs is 1. The molecule has 2 atom stereocenters. The molecule has 2 aromatic rings. The van der Waals surface area contributed by atoms with Crippen molar-refractivity contribution in [1.29, 1.82) is 0 Å². The van der Waals surface area contributed by atoms with Gasteiger partial charge in [-0.2, -0.15) is 0 Å². The molecule has 1 amide bonds. The van der Waals surface area contributed by atoms with E-state index in [1.54, 1.807) is 0 Å². The van der Waals surface area contributed by atoms with Gasteiger partial charge < -0.3 is 14.8 Å². The number of anilines is 1. The molecule has 1 aliphatic heterocycles. The SMILES string of the molecule is Cc1ccc(C2C=CC3CCCC(C(=O)Nc4cccc(OCCN5CCOCC5)c4)=C3CC2)cc1. The van der Waals surface area contributed by atoms with Gasteiger partial charge in [-0.1, -0.05) is 53.6 Å². The third-order valence-electron chi connectivity index (χ3n) is 7.73. The van der Waals surface area contributed by atoms with Gasteiger partial charge >= 0.3 is 0 Å². The first-order valence-corrected chi connectivity index (χ1v) is 13.5. The number of allylic oxidation sites excluding steroid dienone is 3. The number of rotatable bonds is 7. The number of carbonyl (C=O) groups excluding carboxylic acids is 1. The maximum Gasteiger partial charge on any atom is 0.251 e. The second-order valence-electron chi connectivity index (χ2n) is 10.2. The van der Waals surface area contributed by atoms with Crippen LogP contribution in [0.3, 0.4) is 0 Å². The number of amides is 1. The predicted molar refractivity (Wildman–Crippen MR) is 144 cm³/mol. The Morgan fingerprint density at radius 3 is 2.67 bits per heavy atom. The van der Waals surface area contributed by atoms with Gasteiger partial charge in [0.1, 0.15) is 12.4 Å². The highest BCUT2D eigenvalue weighted by Gasteiger charge is 2.28. The molecule has 36 heavy (non-hydrogen) atoms. The molecule has 5 nitrogen and oxygen atoms in total. The lowest BCUT2D eigenvalue weighted by Crippen LogP contribution is -2.38. The minimum absolute atomic E-state index is 0.0438. The van der Waals surface area contributed by atoms with Crippen LogP contribution in [0.1, 0.15) is 49.1 Å². The van der Waals surface area contributed by atoms with Gasteiger partial charge in [0.15, 0.2) is 0 Å². The fourth-order valence-electron chi connectivity index (χ4n) is 5.62. The van der Waals surface area contributed by atoms with Gasteiger partial charge in [-0.25, -0.2) is 0 Å². The fraction of sp³-hybridized carbons (Fsp3) is 0.452. The molecule has 5 rings (SSSR count). The summed E-state index contributed by atoms with van der Waals surface area (Å²) in [4.78, 5) is 15.8. The number of hydrogen-bond acceptors (Lipinski definition) is 4. The predicted octanol–water partition coefficient (Wildman–Crippen LogP) is 5.88. The van der Waals surface area contributed by atoms with E-state index in [2.05, 4.69) is 53.6 Å². The van der Waals surface area contributed by atoms with Crippen LogP contribution >= 0.6 is 0 Å². The second-order valence-corrected chi connectivity index (χ2v) is 10.2. The van der Waals surface area contributed by atoms with E-state index in [1.807, 2.05) is 24.3 Å². The third-order valence-corrected chi connectivity index (χ3v) is 7.73. The first-order chi connectivity index (χ1) is 17.7. The Balaban J connectivity index is 1.22. The number of aryl methyl sites for hydroxylation is 1. The molecule has 1 N–H and O–H groups in total. The van der Waals surface area contributed by atoms with Crippen molar-refractivity contribution < 1.29 is 14.3 Å².